The third kappa shape index (κ3) is 1.69. The van der Waals surface area contributed by atoms with E-state index in [9.17, 15) is 9.32 Å². The molecule has 0 saturated heterocycles. The molecule has 0 aliphatic carbocycles. The van der Waals surface area contributed by atoms with Gasteiger partial charge in [0.2, 0.25) is 0 Å². The SMILES string of the molecule is CCC(=O)OF. The van der Waals surface area contributed by atoms with Gasteiger partial charge < -0.3 is 0 Å². The third-order valence-electron chi connectivity index (χ3n) is 0.375. The maximum Gasteiger partial charge on any atom is 0.348 e. The Morgan fingerprint density at radius 1 is 2.00 bits per heavy atom. The molecule has 2 nitrogen and oxygen atoms in total. The van der Waals surface area contributed by atoms with E-state index in [0.29, 0.717) is 0 Å². The van der Waals surface area contributed by atoms with E-state index in [1.807, 2.05) is 0 Å². The minimum Gasteiger partial charge on any atom is -0.255 e. The lowest BCUT2D eigenvalue weighted by molar-refractivity contribution is -0.183. The van der Waals surface area contributed by atoms with Crippen molar-refractivity contribution in [2.24, 2.45) is 0 Å². The normalized spacial score (nSPS) is 7.67. The fourth-order valence-corrected chi connectivity index (χ4v) is 0.0546. The van der Waals surface area contributed by atoms with Crippen LogP contribution in [-0.2, 0) is 9.74 Å². The average molecular weight is 92.1 g/mol. The molecule has 0 saturated carbocycles. The Bertz CT molecular complexity index is 46.8. The van der Waals surface area contributed by atoms with E-state index in [1.54, 1.807) is 0 Å². The molecule has 3 heteroatoms. The number of halogens is 1. The summed E-state index contributed by atoms with van der Waals surface area (Å²) >= 11 is 0. The Kier molecular flexibility index (Phi) is 2.36. The van der Waals surface area contributed by atoms with Gasteiger partial charge in [-0.25, -0.2) is 4.79 Å². The zero-order chi connectivity index (χ0) is 4.99. The standard InChI is InChI=1S/C3H5FO2/c1-2-3(5)6-4/h2H2,1H3. The van der Waals surface area contributed by atoms with Crippen LogP contribution in [0.3, 0.4) is 0 Å². The lowest BCUT2D eigenvalue weighted by atomic mass is 10.5. The Morgan fingerprint density at radius 3 is 2.50 bits per heavy atom. The summed E-state index contributed by atoms with van der Waals surface area (Å²) in [5, 5.41) is 0. The topological polar surface area (TPSA) is 26.3 Å². The van der Waals surface area contributed by atoms with E-state index in [0.717, 1.165) is 0 Å². The summed E-state index contributed by atoms with van der Waals surface area (Å²) in [5.41, 5.74) is 0. The molecule has 0 aromatic carbocycles. The predicted molar refractivity (Wildman–Crippen MR) is 17.5 cm³/mol. The van der Waals surface area contributed by atoms with Crippen molar-refractivity contribution >= 4 is 5.97 Å². The fraction of sp³-hybridized carbons (Fsp3) is 0.667. The van der Waals surface area contributed by atoms with E-state index in [4.69, 9.17) is 0 Å². The predicted octanol–water partition coefficient (Wildman–Crippen LogP) is 0.824. The first-order chi connectivity index (χ1) is 2.81. The second-order valence-corrected chi connectivity index (χ2v) is 0.803. The van der Waals surface area contributed by atoms with Crippen LogP contribution in [0.15, 0.2) is 0 Å². The van der Waals surface area contributed by atoms with Crippen LogP contribution in [0.2, 0.25) is 0 Å². The summed E-state index contributed by atoms with van der Waals surface area (Å²) in [7, 11) is 0. The zero-order valence-electron chi connectivity index (χ0n) is 3.40. The molecule has 0 radical (unpaired) electrons. The van der Waals surface area contributed by atoms with Crippen LogP contribution < -0.4 is 0 Å². The van der Waals surface area contributed by atoms with Crippen molar-refractivity contribution in [3.8, 4) is 0 Å². The molecule has 0 N–H and O–H groups in total. The van der Waals surface area contributed by atoms with Gasteiger partial charge >= 0.3 is 5.97 Å². The monoisotopic (exact) mass is 92.0 g/mol. The van der Waals surface area contributed by atoms with E-state index in [-0.39, 0.29) is 6.42 Å². The van der Waals surface area contributed by atoms with Gasteiger partial charge in [0.05, 0.1) is 0 Å². The highest BCUT2D eigenvalue weighted by Crippen LogP contribution is 1.80. The summed E-state index contributed by atoms with van der Waals surface area (Å²) in [6.07, 6.45) is 0.0938. The maximum absolute atomic E-state index is 10.5. The van der Waals surface area contributed by atoms with Gasteiger partial charge in [0, 0.05) is 10.9 Å². The first-order valence-electron chi connectivity index (χ1n) is 1.62. The second-order valence-electron chi connectivity index (χ2n) is 0.803. The van der Waals surface area contributed by atoms with Crippen LogP contribution in [0, 0.1) is 0 Å². The summed E-state index contributed by atoms with van der Waals surface area (Å²) in [6, 6.07) is 0. The first-order valence-corrected chi connectivity index (χ1v) is 1.62. The van der Waals surface area contributed by atoms with Crippen LogP contribution in [0.5, 0.6) is 0 Å². The molecule has 0 aliphatic heterocycles. The quantitative estimate of drug-likeness (QED) is 0.478. The average Bonchev–Trinajstić information content (AvgIpc) is 1.65. The van der Waals surface area contributed by atoms with Gasteiger partial charge in [-0.1, -0.05) is 6.92 Å². The molecule has 0 aliphatic rings. The van der Waals surface area contributed by atoms with Crippen LogP contribution in [0.4, 0.5) is 4.53 Å². The Hall–Kier alpha value is -0.600. The molecule has 0 unspecified atom stereocenters. The van der Waals surface area contributed by atoms with Crippen molar-refractivity contribution in [3.05, 3.63) is 0 Å². The zero-order valence-corrected chi connectivity index (χ0v) is 3.40. The minimum absolute atomic E-state index is 0.0938. The highest BCUT2D eigenvalue weighted by molar-refractivity contribution is 5.67. The summed E-state index contributed by atoms with van der Waals surface area (Å²) < 4.78 is 10.5. The molecule has 0 spiro atoms. The van der Waals surface area contributed by atoms with Crippen molar-refractivity contribution in [2.75, 3.05) is 0 Å². The molecule has 0 aromatic rings. The van der Waals surface area contributed by atoms with Crippen LogP contribution in [-0.4, -0.2) is 5.97 Å². The van der Waals surface area contributed by atoms with Crippen molar-refractivity contribution < 1.29 is 14.3 Å². The molecular formula is C3H5FO2. The van der Waals surface area contributed by atoms with E-state index >= 15 is 0 Å². The first kappa shape index (κ1) is 5.40. The fourth-order valence-electron chi connectivity index (χ4n) is 0.0546. The largest absolute Gasteiger partial charge is 0.348 e. The minimum atomic E-state index is -0.824. The van der Waals surface area contributed by atoms with Crippen LogP contribution in [0.25, 0.3) is 0 Å². The molecule has 0 amide bonds. The molecule has 6 heavy (non-hydrogen) atoms. The van der Waals surface area contributed by atoms with E-state index in [1.165, 1.54) is 6.92 Å². The number of hydrogen-bond donors (Lipinski definition) is 0. The lowest BCUT2D eigenvalue weighted by Crippen LogP contribution is -1.91. The molecule has 0 heterocycles. The van der Waals surface area contributed by atoms with Gasteiger partial charge in [0.1, 0.15) is 0 Å². The smallest absolute Gasteiger partial charge is 0.255 e. The van der Waals surface area contributed by atoms with E-state index in [2.05, 4.69) is 4.94 Å². The maximum atomic E-state index is 10.5. The lowest BCUT2D eigenvalue weighted by Gasteiger charge is -1.79. The Morgan fingerprint density at radius 2 is 2.50 bits per heavy atom. The molecule has 0 rings (SSSR count). The number of rotatable bonds is 1. The molecule has 0 bridgehead atoms. The van der Waals surface area contributed by atoms with Gasteiger partial charge in [-0.05, 0) is 0 Å². The van der Waals surface area contributed by atoms with E-state index < -0.39 is 5.97 Å². The molecular weight excluding hydrogens is 87.0 g/mol. The van der Waals surface area contributed by atoms with Crippen LogP contribution in [0.1, 0.15) is 13.3 Å². The third-order valence-corrected chi connectivity index (χ3v) is 0.375. The van der Waals surface area contributed by atoms with Crippen molar-refractivity contribution in [1.82, 2.24) is 0 Å². The van der Waals surface area contributed by atoms with Gasteiger partial charge in [-0.2, -0.15) is 0 Å². The number of carbonyl (C=O) groups excluding carboxylic acids is 1. The number of hydrogen-bond acceptors (Lipinski definition) is 2. The summed E-state index contributed by atoms with van der Waals surface area (Å²) in [5.74, 6) is -0.824. The van der Waals surface area contributed by atoms with Gasteiger partial charge in [0.25, 0.3) is 0 Å². The summed E-state index contributed by atoms with van der Waals surface area (Å²) in [4.78, 5) is 12.3. The number of carbonyl (C=O) groups is 1. The second kappa shape index (κ2) is 2.63. The highest BCUT2D eigenvalue weighted by atomic mass is 19.3. The highest BCUT2D eigenvalue weighted by Gasteiger charge is 1.92. The van der Waals surface area contributed by atoms with Crippen LogP contribution >= 0.6 is 0 Å². The van der Waals surface area contributed by atoms with Gasteiger partial charge in [-0.3, -0.25) is 4.94 Å². The van der Waals surface area contributed by atoms with Crippen molar-refractivity contribution in [3.63, 3.8) is 0 Å². The van der Waals surface area contributed by atoms with Crippen molar-refractivity contribution in [1.29, 1.82) is 0 Å². The van der Waals surface area contributed by atoms with Gasteiger partial charge in [-0.15, -0.1) is 0 Å². The molecule has 0 fully saturated rings. The summed E-state index contributed by atoms with van der Waals surface area (Å²) in [6.45, 7) is 1.52. The van der Waals surface area contributed by atoms with Gasteiger partial charge in [0.15, 0.2) is 0 Å². The molecule has 0 aromatic heterocycles. The molecule has 0 atom stereocenters. The molecule has 36 valence electrons. The Balaban J connectivity index is 2.99. The Labute approximate surface area is 34.8 Å². The van der Waals surface area contributed by atoms with Crippen molar-refractivity contribution in [2.45, 2.75) is 13.3 Å².